The summed E-state index contributed by atoms with van der Waals surface area (Å²) in [7, 11) is 0. The Labute approximate surface area is 80.1 Å². The van der Waals surface area contributed by atoms with E-state index in [2.05, 4.69) is 39.8 Å². The van der Waals surface area contributed by atoms with Crippen LogP contribution in [0.4, 0.5) is 0 Å². The summed E-state index contributed by atoms with van der Waals surface area (Å²) in [6, 6.07) is 0. The minimum atomic E-state index is 0.692. The van der Waals surface area contributed by atoms with Crippen LogP contribution in [0, 0.1) is 11.8 Å². The molecule has 0 bridgehead atoms. The third-order valence-corrected chi connectivity index (χ3v) is 3.76. The molecule has 0 N–H and O–H groups in total. The lowest BCUT2D eigenvalue weighted by atomic mass is 10.1. The molecular weight excluding hydrogens is 164 g/mol. The zero-order valence-electron chi connectivity index (χ0n) is 8.42. The van der Waals surface area contributed by atoms with E-state index in [1.807, 2.05) is 11.8 Å². The van der Waals surface area contributed by atoms with Crippen molar-refractivity contribution < 1.29 is 0 Å². The van der Waals surface area contributed by atoms with Gasteiger partial charge in [0.15, 0.2) is 0 Å². The second-order valence-electron chi connectivity index (χ2n) is 3.86. The van der Waals surface area contributed by atoms with Crippen LogP contribution in [0.25, 0.3) is 0 Å². The number of hydrogen-bond donors (Lipinski definition) is 0. The number of rotatable bonds is 2. The van der Waals surface area contributed by atoms with Gasteiger partial charge in [-0.15, -0.1) is 0 Å². The van der Waals surface area contributed by atoms with Crippen molar-refractivity contribution in [3.63, 3.8) is 0 Å². The topological polar surface area (TPSA) is 0 Å². The van der Waals surface area contributed by atoms with Gasteiger partial charge in [-0.2, -0.15) is 0 Å². The molecule has 0 spiro atoms. The van der Waals surface area contributed by atoms with E-state index >= 15 is 0 Å². The van der Waals surface area contributed by atoms with Gasteiger partial charge in [0.2, 0.25) is 0 Å². The first-order chi connectivity index (χ1) is 5.61. The fraction of sp³-hybridized carbons (Fsp3) is 0.636. The van der Waals surface area contributed by atoms with Gasteiger partial charge in [0.05, 0.1) is 0 Å². The van der Waals surface area contributed by atoms with Gasteiger partial charge in [0, 0.05) is 0 Å². The average molecular weight is 182 g/mol. The number of hydrogen-bond acceptors (Lipinski definition) is 1. The highest BCUT2D eigenvalue weighted by Crippen LogP contribution is 2.38. The molecule has 0 aromatic heterocycles. The molecule has 1 heteroatoms. The molecule has 1 aliphatic rings. The highest BCUT2D eigenvalue weighted by atomic mass is 32.2. The Morgan fingerprint density at radius 3 is 1.75 bits per heavy atom. The standard InChI is InChI=1S/C11H18S/c1-8(2)10-6-5-7-11(12-10)9(3)4/h6-9H,5H2,1-4H3. The van der Waals surface area contributed by atoms with Crippen molar-refractivity contribution in [3.05, 3.63) is 22.0 Å². The van der Waals surface area contributed by atoms with E-state index in [0.29, 0.717) is 11.8 Å². The Morgan fingerprint density at radius 1 is 1.00 bits per heavy atom. The fourth-order valence-corrected chi connectivity index (χ4v) is 2.32. The molecule has 0 unspecified atom stereocenters. The minimum Gasteiger partial charge on any atom is -0.0991 e. The van der Waals surface area contributed by atoms with Crippen LogP contribution in [0.15, 0.2) is 22.0 Å². The van der Waals surface area contributed by atoms with Gasteiger partial charge in [0.25, 0.3) is 0 Å². The van der Waals surface area contributed by atoms with Crippen molar-refractivity contribution in [3.8, 4) is 0 Å². The molecule has 0 aromatic carbocycles. The molecule has 68 valence electrons. The van der Waals surface area contributed by atoms with Gasteiger partial charge in [-0.05, 0) is 28.1 Å². The molecule has 1 aliphatic heterocycles. The Morgan fingerprint density at radius 2 is 1.42 bits per heavy atom. The second-order valence-corrected chi connectivity index (χ2v) is 5.01. The van der Waals surface area contributed by atoms with E-state index in [1.54, 1.807) is 9.81 Å². The third-order valence-electron chi connectivity index (χ3n) is 2.01. The van der Waals surface area contributed by atoms with Crippen molar-refractivity contribution in [2.45, 2.75) is 34.1 Å². The van der Waals surface area contributed by atoms with E-state index in [9.17, 15) is 0 Å². The maximum atomic E-state index is 2.35. The van der Waals surface area contributed by atoms with E-state index in [0.717, 1.165) is 6.42 Å². The molecule has 0 fully saturated rings. The van der Waals surface area contributed by atoms with Crippen LogP contribution >= 0.6 is 11.8 Å². The summed E-state index contributed by atoms with van der Waals surface area (Å²) >= 11 is 1.97. The SMILES string of the molecule is CC(C)C1=CCC=C(C(C)C)S1. The van der Waals surface area contributed by atoms with Crippen LogP contribution < -0.4 is 0 Å². The molecule has 0 radical (unpaired) electrons. The van der Waals surface area contributed by atoms with Crippen molar-refractivity contribution in [1.29, 1.82) is 0 Å². The normalized spacial score (nSPS) is 18.2. The third kappa shape index (κ3) is 2.41. The monoisotopic (exact) mass is 182 g/mol. The zero-order chi connectivity index (χ0) is 9.14. The number of thioether (sulfide) groups is 1. The molecule has 0 nitrogen and oxygen atoms in total. The molecule has 12 heavy (non-hydrogen) atoms. The molecular formula is C11H18S. The lowest BCUT2D eigenvalue weighted by Crippen LogP contribution is -1.98. The maximum Gasteiger partial charge on any atom is -0.0117 e. The lowest BCUT2D eigenvalue weighted by molar-refractivity contribution is 0.792. The van der Waals surface area contributed by atoms with Crippen molar-refractivity contribution in [2.75, 3.05) is 0 Å². The molecule has 0 saturated heterocycles. The Hall–Kier alpha value is -0.170. The predicted octanol–water partition coefficient (Wildman–Crippen LogP) is 4.20. The summed E-state index contributed by atoms with van der Waals surface area (Å²) in [5.41, 5.74) is 0. The maximum absolute atomic E-state index is 2.35. The van der Waals surface area contributed by atoms with E-state index in [-0.39, 0.29) is 0 Å². The van der Waals surface area contributed by atoms with Gasteiger partial charge in [-0.3, -0.25) is 0 Å². The van der Waals surface area contributed by atoms with E-state index in [4.69, 9.17) is 0 Å². The lowest BCUT2D eigenvalue weighted by Gasteiger charge is -2.19. The van der Waals surface area contributed by atoms with Gasteiger partial charge in [-0.25, -0.2) is 0 Å². The van der Waals surface area contributed by atoms with E-state index < -0.39 is 0 Å². The first kappa shape index (κ1) is 9.91. The van der Waals surface area contributed by atoms with Gasteiger partial charge in [0.1, 0.15) is 0 Å². The number of allylic oxidation sites excluding steroid dienone is 4. The predicted molar refractivity (Wildman–Crippen MR) is 58.1 cm³/mol. The van der Waals surface area contributed by atoms with Crippen LogP contribution in [-0.4, -0.2) is 0 Å². The van der Waals surface area contributed by atoms with Crippen LogP contribution in [0.3, 0.4) is 0 Å². The minimum absolute atomic E-state index is 0.692. The largest absolute Gasteiger partial charge is 0.0991 e. The zero-order valence-corrected chi connectivity index (χ0v) is 9.24. The molecule has 0 amide bonds. The summed E-state index contributed by atoms with van der Waals surface area (Å²) in [4.78, 5) is 3.09. The molecule has 0 aromatic rings. The fourth-order valence-electron chi connectivity index (χ4n) is 1.22. The molecule has 1 rings (SSSR count). The van der Waals surface area contributed by atoms with Gasteiger partial charge in [-0.1, -0.05) is 51.6 Å². The molecule has 1 heterocycles. The molecule has 0 atom stereocenters. The second kappa shape index (κ2) is 4.18. The summed E-state index contributed by atoms with van der Waals surface area (Å²) in [6.07, 6.45) is 5.83. The summed E-state index contributed by atoms with van der Waals surface area (Å²) in [5, 5.41) is 0. The Bertz CT molecular complexity index is 187. The van der Waals surface area contributed by atoms with Crippen LogP contribution in [0.2, 0.25) is 0 Å². The highest BCUT2D eigenvalue weighted by Gasteiger charge is 2.12. The summed E-state index contributed by atoms with van der Waals surface area (Å²) in [5.74, 6) is 1.38. The quantitative estimate of drug-likeness (QED) is 0.616. The van der Waals surface area contributed by atoms with Crippen molar-refractivity contribution in [1.82, 2.24) is 0 Å². The summed E-state index contributed by atoms with van der Waals surface area (Å²) in [6.45, 7) is 9.06. The molecule has 0 aliphatic carbocycles. The smallest absolute Gasteiger partial charge is 0.0117 e. The first-order valence-corrected chi connectivity index (χ1v) is 5.51. The van der Waals surface area contributed by atoms with Crippen LogP contribution in [-0.2, 0) is 0 Å². The average Bonchev–Trinajstić information content (AvgIpc) is 2.04. The van der Waals surface area contributed by atoms with Crippen LogP contribution in [0.5, 0.6) is 0 Å². The van der Waals surface area contributed by atoms with Crippen molar-refractivity contribution >= 4 is 11.8 Å². The van der Waals surface area contributed by atoms with Crippen molar-refractivity contribution in [2.24, 2.45) is 11.8 Å². The van der Waals surface area contributed by atoms with Gasteiger partial charge < -0.3 is 0 Å². The van der Waals surface area contributed by atoms with E-state index in [1.165, 1.54) is 0 Å². The first-order valence-electron chi connectivity index (χ1n) is 4.69. The highest BCUT2D eigenvalue weighted by molar-refractivity contribution is 8.06. The Kier molecular flexibility index (Phi) is 3.45. The summed E-state index contributed by atoms with van der Waals surface area (Å²) < 4.78 is 0. The van der Waals surface area contributed by atoms with Crippen LogP contribution in [0.1, 0.15) is 34.1 Å². The Balaban J connectivity index is 2.60. The van der Waals surface area contributed by atoms with Gasteiger partial charge >= 0.3 is 0 Å². The molecule has 0 saturated carbocycles.